The minimum absolute atomic E-state index is 0.00300. The molecule has 0 bridgehead atoms. The van der Waals surface area contributed by atoms with Gasteiger partial charge in [-0.2, -0.15) is 5.10 Å². The smallest absolute Gasteiger partial charge is 0.273 e. The van der Waals surface area contributed by atoms with Gasteiger partial charge in [-0.15, -0.1) is 10.2 Å². The van der Waals surface area contributed by atoms with Crippen molar-refractivity contribution < 1.29 is 22.8 Å². The number of methoxy groups -OCH3 is 1. The summed E-state index contributed by atoms with van der Waals surface area (Å²) in [6.45, 7) is -2.80. The first-order valence-corrected chi connectivity index (χ1v) is 9.56. The normalized spacial score (nSPS) is 14.7. The molecule has 3 N–H and O–H groups in total. The molecule has 0 radical (unpaired) electrons. The van der Waals surface area contributed by atoms with E-state index in [1.807, 2.05) is 5.32 Å². The molecule has 1 aliphatic rings. The summed E-state index contributed by atoms with van der Waals surface area (Å²) in [6.07, 6.45) is 2.96. The van der Waals surface area contributed by atoms with Gasteiger partial charge >= 0.3 is 0 Å². The Labute approximate surface area is 186 Å². The van der Waals surface area contributed by atoms with E-state index in [1.165, 1.54) is 30.3 Å². The number of aromatic nitrogens is 5. The molecule has 166 valence electrons. The van der Waals surface area contributed by atoms with Crippen molar-refractivity contribution in [3.63, 3.8) is 0 Å². The quantitative estimate of drug-likeness (QED) is 0.504. The molecule has 0 aliphatic heterocycles. The fourth-order valence-corrected chi connectivity index (χ4v) is 3.01. The molecule has 2 amide bonds. The maximum absolute atomic E-state index is 15.0. The van der Waals surface area contributed by atoms with Gasteiger partial charge in [0.1, 0.15) is 12.0 Å². The Morgan fingerprint density at radius 3 is 2.78 bits per heavy atom. The van der Waals surface area contributed by atoms with E-state index in [0.717, 1.165) is 18.9 Å². The minimum Gasteiger partial charge on any atom is -0.494 e. The zero-order valence-corrected chi connectivity index (χ0v) is 17.1. The van der Waals surface area contributed by atoms with Crippen LogP contribution in [0.1, 0.15) is 27.4 Å². The van der Waals surface area contributed by atoms with Gasteiger partial charge in [0.15, 0.2) is 28.9 Å². The van der Waals surface area contributed by atoms with Crippen molar-refractivity contribution in [3.8, 4) is 17.1 Å². The molecule has 32 heavy (non-hydrogen) atoms. The molecule has 11 nitrogen and oxygen atoms in total. The SMILES string of the molecule is [2H]C([2H])([2H])NC(=O)c1nnc(NC(=O)C2CC2)cc1Nc1c(F)ccc(-c2ncn(C)n2)c1OC. The highest BCUT2D eigenvalue weighted by molar-refractivity contribution is 6.00. The summed E-state index contributed by atoms with van der Waals surface area (Å²) in [5.74, 6) is -1.94. The number of benzene rings is 1. The van der Waals surface area contributed by atoms with Crippen LogP contribution in [0.2, 0.25) is 0 Å². The maximum Gasteiger partial charge on any atom is 0.273 e. The van der Waals surface area contributed by atoms with Crippen LogP contribution in [-0.2, 0) is 11.8 Å². The zero-order chi connectivity index (χ0) is 25.3. The second-order valence-corrected chi connectivity index (χ2v) is 7.08. The standard InChI is InChI=1S/C20H21FN8O3/c1-22-20(31)16-13(8-14(26-27-16)25-19(30)10-4-5-10)24-15-12(21)7-6-11(17(15)32-3)18-23-9-29(2)28-18/h6-10H,4-5H2,1-3H3,(H,22,31)(H2,24,25,26,30)/i1D3. The number of carbonyl (C=O) groups excluding carboxylic acids is 2. The summed E-state index contributed by atoms with van der Waals surface area (Å²) in [5, 5.41) is 18.9. The van der Waals surface area contributed by atoms with Crippen LogP contribution in [-0.4, -0.2) is 50.9 Å². The van der Waals surface area contributed by atoms with Gasteiger partial charge in [-0.05, 0) is 25.0 Å². The first-order valence-electron chi connectivity index (χ1n) is 11.1. The summed E-state index contributed by atoms with van der Waals surface area (Å²) in [7, 11) is 2.99. The number of nitrogens with zero attached hydrogens (tertiary/aromatic N) is 5. The van der Waals surface area contributed by atoms with Crippen molar-refractivity contribution in [1.29, 1.82) is 0 Å². The highest BCUT2D eigenvalue weighted by Gasteiger charge is 2.30. The molecule has 0 unspecified atom stereocenters. The van der Waals surface area contributed by atoms with Crippen LogP contribution >= 0.6 is 0 Å². The predicted molar refractivity (Wildman–Crippen MR) is 113 cm³/mol. The van der Waals surface area contributed by atoms with Crippen molar-refractivity contribution in [2.75, 3.05) is 24.7 Å². The molecule has 0 atom stereocenters. The van der Waals surface area contributed by atoms with Gasteiger partial charge in [0.05, 0.1) is 18.4 Å². The Kier molecular flexibility index (Phi) is 4.71. The van der Waals surface area contributed by atoms with Crippen LogP contribution in [0.25, 0.3) is 11.4 Å². The van der Waals surface area contributed by atoms with Crippen molar-refractivity contribution in [1.82, 2.24) is 30.3 Å². The van der Waals surface area contributed by atoms with Crippen LogP contribution in [0.5, 0.6) is 5.75 Å². The molecule has 2 aromatic heterocycles. The molecule has 12 heteroatoms. The predicted octanol–water partition coefficient (Wildman–Crippen LogP) is 1.87. The highest BCUT2D eigenvalue weighted by Crippen LogP contribution is 2.39. The lowest BCUT2D eigenvalue weighted by atomic mass is 10.1. The van der Waals surface area contributed by atoms with Gasteiger partial charge in [0.2, 0.25) is 5.91 Å². The molecular formula is C20H21FN8O3. The van der Waals surface area contributed by atoms with Crippen LogP contribution < -0.4 is 20.7 Å². The number of hydrogen-bond donors (Lipinski definition) is 3. The third-order valence-electron chi connectivity index (χ3n) is 4.73. The molecule has 0 saturated heterocycles. The molecule has 0 spiro atoms. The minimum atomic E-state index is -2.80. The molecule has 1 aromatic carbocycles. The first-order chi connectivity index (χ1) is 16.6. The first kappa shape index (κ1) is 17.6. The summed E-state index contributed by atoms with van der Waals surface area (Å²) in [5.41, 5.74) is -0.382. The lowest BCUT2D eigenvalue weighted by Crippen LogP contribution is -2.22. The van der Waals surface area contributed by atoms with Gasteiger partial charge in [0, 0.05) is 30.1 Å². The van der Waals surface area contributed by atoms with E-state index < -0.39 is 24.4 Å². The van der Waals surface area contributed by atoms with E-state index >= 15 is 0 Å². The second-order valence-electron chi connectivity index (χ2n) is 7.08. The molecular weight excluding hydrogens is 419 g/mol. The number of aryl methyl sites for hydroxylation is 1. The van der Waals surface area contributed by atoms with Crippen molar-refractivity contribution in [2.24, 2.45) is 13.0 Å². The Morgan fingerprint density at radius 1 is 1.31 bits per heavy atom. The number of nitrogens with one attached hydrogen (secondary N) is 3. The average molecular weight is 443 g/mol. The number of halogens is 1. The molecule has 4 rings (SSSR count). The Hall–Kier alpha value is -4.09. The number of anilines is 3. The fourth-order valence-electron chi connectivity index (χ4n) is 3.01. The molecule has 1 aliphatic carbocycles. The van der Waals surface area contributed by atoms with E-state index in [0.29, 0.717) is 5.56 Å². The highest BCUT2D eigenvalue weighted by atomic mass is 19.1. The van der Waals surface area contributed by atoms with Crippen LogP contribution in [0, 0.1) is 11.7 Å². The average Bonchev–Trinajstić information content (AvgIpc) is 3.55. The van der Waals surface area contributed by atoms with Crippen molar-refractivity contribution in [3.05, 3.63) is 36.0 Å². The third-order valence-corrected chi connectivity index (χ3v) is 4.73. The summed E-state index contributed by atoms with van der Waals surface area (Å²) in [6, 6.07) is 3.85. The Bertz CT molecular complexity index is 1290. The number of rotatable bonds is 7. The van der Waals surface area contributed by atoms with E-state index in [4.69, 9.17) is 8.85 Å². The van der Waals surface area contributed by atoms with Gasteiger partial charge < -0.3 is 20.7 Å². The number of ether oxygens (including phenoxy) is 1. The molecule has 1 saturated carbocycles. The summed E-state index contributed by atoms with van der Waals surface area (Å²) < 4.78 is 43.7. The topological polar surface area (TPSA) is 136 Å². The lowest BCUT2D eigenvalue weighted by Gasteiger charge is -2.16. The number of hydrogen-bond acceptors (Lipinski definition) is 8. The van der Waals surface area contributed by atoms with E-state index in [2.05, 4.69) is 30.9 Å². The largest absolute Gasteiger partial charge is 0.494 e. The van der Waals surface area contributed by atoms with Gasteiger partial charge in [0.25, 0.3) is 5.91 Å². The lowest BCUT2D eigenvalue weighted by molar-refractivity contribution is -0.117. The number of carbonyl (C=O) groups is 2. The third kappa shape index (κ3) is 4.19. The fraction of sp³-hybridized carbons (Fsp3) is 0.300. The Balaban J connectivity index is 1.77. The van der Waals surface area contributed by atoms with Crippen LogP contribution in [0.3, 0.4) is 0 Å². The summed E-state index contributed by atoms with van der Waals surface area (Å²) in [4.78, 5) is 28.9. The molecule has 1 fully saturated rings. The summed E-state index contributed by atoms with van der Waals surface area (Å²) >= 11 is 0. The van der Waals surface area contributed by atoms with E-state index in [9.17, 15) is 14.0 Å². The monoisotopic (exact) mass is 443 g/mol. The molecule has 3 aromatic rings. The maximum atomic E-state index is 15.0. The van der Waals surface area contributed by atoms with Crippen molar-refractivity contribution >= 4 is 29.0 Å². The second kappa shape index (κ2) is 8.57. The van der Waals surface area contributed by atoms with Crippen molar-refractivity contribution in [2.45, 2.75) is 12.8 Å². The van der Waals surface area contributed by atoms with Crippen LogP contribution in [0.4, 0.5) is 21.6 Å². The van der Waals surface area contributed by atoms with Gasteiger partial charge in [-0.3, -0.25) is 14.3 Å². The van der Waals surface area contributed by atoms with Crippen LogP contribution in [0.15, 0.2) is 24.5 Å². The van der Waals surface area contributed by atoms with E-state index in [1.54, 1.807) is 7.05 Å². The number of amides is 2. The van der Waals surface area contributed by atoms with Gasteiger partial charge in [-0.25, -0.2) is 9.37 Å². The zero-order valence-electron chi connectivity index (χ0n) is 20.1. The van der Waals surface area contributed by atoms with E-state index in [-0.39, 0.29) is 40.6 Å². The Morgan fingerprint density at radius 2 is 2.12 bits per heavy atom. The molecule has 2 heterocycles. The van der Waals surface area contributed by atoms with Gasteiger partial charge in [-0.1, -0.05) is 0 Å².